The number of aryl methyl sites for hydroxylation is 1. The van der Waals surface area contributed by atoms with Gasteiger partial charge in [-0.25, -0.2) is 0 Å². The van der Waals surface area contributed by atoms with Crippen LogP contribution in [-0.4, -0.2) is 17.8 Å². The van der Waals surface area contributed by atoms with Gasteiger partial charge in [-0.2, -0.15) is 0 Å². The summed E-state index contributed by atoms with van der Waals surface area (Å²) in [4.78, 5) is 0. The van der Waals surface area contributed by atoms with Crippen molar-refractivity contribution in [2.24, 2.45) is 5.92 Å². The fourth-order valence-electron chi connectivity index (χ4n) is 2.20. The summed E-state index contributed by atoms with van der Waals surface area (Å²) in [6.07, 6.45) is 2.62. The number of aliphatic hydroxyl groups is 1. The molecule has 1 saturated carbocycles. The summed E-state index contributed by atoms with van der Waals surface area (Å²) in [5.41, 5.74) is 2.74. The summed E-state index contributed by atoms with van der Waals surface area (Å²) in [6, 6.07) is 9.14. The monoisotopic (exact) mass is 219 g/mol. The lowest BCUT2D eigenvalue weighted by Crippen LogP contribution is -2.34. The lowest BCUT2D eigenvalue weighted by Gasteiger charge is -2.24. The highest BCUT2D eigenvalue weighted by molar-refractivity contribution is 5.30. The first kappa shape index (κ1) is 11.6. The molecule has 0 bridgehead atoms. The third-order valence-corrected chi connectivity index (χ3v) is 3.35. The van der Waals surface area contributed by atoms with E-state index in [1.165, 1.54) is 24.0 Å². The quantitative estimate of drug-likeness (QED) is 0.797. The zero-order chi connectivity index (χ0) is 11.5. The second-order valence-corrected chi connectivity index (χ2v) is 4.92. The Morgan fingerprint density at radius 3 is 2.62 bits per heavy atom. The van der Waals surface area contributed by atoms with E-state index in [-0.39, 0.29) is 12.6 Å². The lowest BCUT2D eigenvalue weighted by atomic mass is 9.97. The van der Waals surface area contributed by atoms with Crippen LogP contribution in [0.1, 0.15) is 36.9 Å². The van der Waals surface area contributed by atoms with E-state index >= 15 is 0 Å². The Morgan fingerprint density at radius 2 is 2.06 bits per heavy atom. The van der Waals surface area contributed by atoms with Crippen LogP contribution < -0.4 is 5.32 Å². The number of benzene rings is 1. The van der Waals surface area contributed by atoms with Crippen LogP contribution in [0.5, 0.6) is 0 Å². The smallest absolute Gasteiger partial charge is 0.0582 e. The maximum atomic E-state index is 9.14. The van der Waals surface area contributed by atoms with Gasteiger partial charge in [0, 0.05) is 12.1 Å². The first-order chi connectivity index (χ1) is 7.72. The molecule has 1 aliphatic carbocycles. The molecule has 0 aromatic heterocycles. The normalized spacial score (nSPS) is 19.4. The molecule has 2 heteroatoms. The van der Waals surface area contributed by atoms with E-state index in [1.807, 2.05) is 6.92 Å². The van der Waals surface area contributed by atoms with Crippen LogP contribution in [-0.2, 0) is 0 Å². The van der Waals surface area contributed by atoms with Gasteiger partial charge in [0.05, 0.1) is 6.61 Å². The van der Waals surface area contributed by atoms with Crippen molar-refractivity contribution < 1.29 is 5.11 Å². The van der Waals surface area contributed by atoms with Gasteiger partial charge in [0.25, 0.3) is 0 Å². The molecule has 0 saturated heterocycles. The third kappa shape index (κ3) is 2.63. The zero-order valence-electron chi connectivity index (χ0n) is 10.1. The Labute approximate surface area is 97.7 Å². The van der Waals surface area contributed by atoms with E-state index in [0.29, 0.717) is 6.04 Å². The molecule has 1 aromatic rings. The summed E-state index contributed by atoms with van der Waals surface area (Å²) < 4.78 is 0. The van der Waals surface area contributed by atoms with Gasteiger partial charge in [-0.15, -0.1) is 0 Å². The standard InChI is InChI=1S/C14H21NO/c1-10-5-3-4-6-13(10)14(12-7-8-12)15-11(2)9-16/h3-6,11-12,14-16H,7-9H2,1-2H3/t11-,14?/m1/s1. The molecule has 0 radical (unpaired) electrons. The highest BCUT2D eigenvalue weighted by Crippen LogP contribution is 2.42. The molecule has 2 atom stereocenters. The molecule has 0 amide bonds. The van der Waals surface area contributed by atoms with Crippen molar-refractivity contribution in [3.63, 3.8) is 0 Å². The van der Waals surface area contributed by atoms with Gasteiger partial charge < -0.3 is 10.4 Å². The molecule has 1 aliphatic rings. The van der Waals surface area contributed by atoms with Crippen molar-refractivity contribution in [3.8, 4) is 0 Å². The Bertz CT molecular complexity index is 346. The Hall–Kier alpha value is -0.860. The molecule has 1 unspecified atom stereocenters. The van der Waals surface area contributed by atoms with Gasteiger partial charge in [-0.1, -0.05) is 24.3 Å². The van der Waals surface area contributed by atoms with E-state index < -0.39 is 0 Å². The van der Waals surface area contributed by atoms with Gasteiger partial charge >= 0.3 is 0 Å². The predicted molar refractivity (Wildman–Crippen MR) is 66.3 cm³/mol. The van der Waals surface area contributed by atoms with Gasteiger partial charge in [-0.05, 0) is 43.7 Å². The molecule has 2 rings (SSSR count). The van der Waals surface area contributed by atoms with Crippen molar-refractivity contribution >= 4 is 0 Å². The fourth-order valence-corrected chi connectivity index (χ4v) is 2.20. The maximum absolute atomic E-state index is 9.14. The predicted octanol–water partition coefficient (Wildman–Crippen LogP) is 2.42. The minimum Gasteiger partial charge on any atom is -0.395 e. The van der Waals surface area contributed by atoms with Gasteiger partial charge in [0.1, 0.15) is 0 Å². The zero-order valence-corrected chi connectivity index (χ0v) is 10.1. The summed E-state index contributed by atoms with van der Waals surface area (Å²) in [6.45, 7) is 4.40. The van der Waals surface area contributed by atoms with Crippen LogP contribution in [0, 0.1) is 12.8 Å². The SMILES string of the molecule is Cc1ccccc1C(N[C@H](C)CO)C1CC1. The number of aliphatic hydroxyl groups excluding tert-OH is 1. The average Bonchev–Trinajstić information content (AvgIpc) is 3.10. The highest BCUT2D eigenvalue weighted by atomic mass is 16.3. The molecule has 88 valence electrons. The van der Waals surface area contributed by atoms with E-state index in [0.717, 1.165) is 5.92 Å². The third-order valence-electron chi connectivity index (χ3n) is 3.35. The molecule has 0 aliphatic heterocycles. The average molecular weight is 219 g/mol. The Kier molecular flexibility index (Phi) is 3.62. The Balaban J connectivity index is 2.16. The molecule has 1 aromatic carbocycles. The molecule has 16 heavy (non-hydrogen) atoms. The van der Waals surface area contributed by atoms with Crippen LogP contribution >= 0.6 is 0 Å². The van der Waals surface area contributed by atoms with Crippen LogP contribution in [0.2, 0.25) is 0 Å². The van der Waals surface area contributed by atoms with Crippen molar-refractivity contribution in [2.45, 2.75) is 38.8 Å². The summed E-state index contributed by atoms with van der Waals surface area (Å²) >= 11 is 0. The van der Waals surface area contributed by atoms with Crippen LogP contribution in [0.4, 0.5) is 0 Å². The molecular weight excluding hydrogens is 198 g/mol. The topological polar surface area (TPSA) is 32.3 Å². The molecule has 0 spiro atoms. The Morgan fingerprint density at radius 1 is 1.38 bits per heavy atom. The van der Waals surface area contributed by atoms with Crippen LogP contribution in [0.25, 0.3) is 0 Å². The minimum absolute atomic E-state index is 0.171. The molecular formula is C14H21NO. The van der Waals surface area contributed by atoms with Crippen molar-refractivity contribution in [2.75, 3.05) is 6.61 Å². The van der Waals surface area contributed by atoms with Crippen molar-refractivity contribution in [1.29, 1.82) is 0 Å². The lowest BCUT2D eigenvalue weighted by molar-refractivity contribution is 0.236. The number of hydrogen-bond donors (Lipinski definition) is 2. The number of rotatable bonds is 5. The van der Waals surface area contributed by atoms with E-state index in [4.69, 9.17) is 5.11 Å². The second-order valence-electron chi connectivity index (χ2n) is 4.92. The van der Waals surface area contributed by atoms with E-state index in [9.17, 15) is 0 Å². The summed E-state index contributed by atoms with van der Waals surface area (Å²) in [5.74, 6) is 0.759. The summed E-state index contributed by atoms with van der Waals surface area (Å²) in [5, 5.41) is 12.7. The van der Waals surface area contributed by atoms with Crippen LogP contribution in [0.3, 0.4) is 0 Å². The van der Waals surface area contributed by atoms with E-state index in [1.54, 1.807) is 0 Å². The molecule has 2 nitrogen and oxygen atoms in total. The molecule has 1 fully saturated rings. The van der Waals surface area contributed by atoms with E-state index in [2.05, 4.69) is 36.5 Å². The van der Waals surface area contributed by atoms with Gasteiger partial charge in [-0.3, -0.25) is 0 Å². The number of nitrogens with one attached hydrogen (secondary N) is 1. The largest absolute Gasteiger partial charge is 0.395 e. The molecule has 0 heterocycles. The minimum atomic E-state index is 0.171. The molecule has 2 N–H and O–H groups in total. The first-order valence-corrected chi connectivity index (χ1v) is 6.15. The maximum Gasteiger partial charge on any atom is 0.0582 e. The first-order valence-electron chi connectivity index (χ1n) is 6.15. The highest BCUT2D eigenvalue weighted by Gasteiger charge is 2.33. The van der Waals surface area contributed by atoms with Crippen LogP contribution in [0.15, 0.2) is 24.3 Å². The van der Waals surface area contributed by atoms with Crippen molar-refractivity contribution in [1.82, 2.24) is 5.32 Å². The van der Waals surface area contributed by atoms with Crippen molar-refractivity contribution in [3.05, 3.63) is 35.4 Å². The summed E-state index contributed by atoms with van der Waals surface area (Å²) in [7, 11) is 0. The second kappa shape index (κ2) is 4.98. The van der Waals surface area contributed by atoms with Gasteiger partial charge in [0.15, 0.2) is 0 Å². The van der Waals surface area contributed by atoms with Gasteiger partial charge in [0.2, 0.25) is 0 Å². The number of hydrogen-bond acceptors (Lipinski definition) is 2. The fraction of sp³-hybridized carbons (Fsp3) is 0.571.